The van der Waals surface area contributed by atoms with Crippen LogP contribution in [-0.4, -0.2) is 12.3 Å². The van der Waals surface area contributed by atoms with Crippen molar-refractivity contribution in [3.63, 3.8) is 0 Å². The van der Waals surface area contributed by atoms with Gasteiger partial charge < -0.3 is 9.73 Å². The number of nitrogens with one attached hydrogen (secondary N) is 2. The molecule has 4 nitrogen and oxygen atoms in total. The molecule has 0 bridgehead atoms. The SMILES string of the molecule is O=C(NCc1ccco1)NC(F)(F)F. The molecule has 1 aromatic heterocycles. The number of halogens is 3. The smallest absolute Gasteiger partial charge is 0.467 e. The summed E-state index contributed by atoms with van der Waals surface area (Å²) in [5, 5.41) is 2.77. The maximum absolute atomic E-state index is 11.6. The Hall–Kier alpha value is -1.66. The van der Waals surface area contributed by atoms with E-state index in [2.05, 4.69) is 0 Å². The molecule has 2 amide bonds. The Morgan fingerprint density at radius 2 is 2.21 bits per heavy atom. The van der Waals surface area contributed by atoms with Crippen molar-refractivity contribution >= 4 is 6.03 Å². The summed E-state index contributed by atoms with van der Waals surface area (Å²) in [6, 6.07) is 1.79. The minimum atomic E-state index is -4.72. The highest BCUT2D eigenvalue weighted by molar-refractivity contribution is 5.74. The highest BCUT2D eigenvalue weighted by atomic mass is 19.4. The van der Waals surface area contributed by atoms with Crippen molar-refractivity contribution in [2.24, 2.45) is 0 Å². The Bertz CT molecular complexity index is 294. The molecular formula is C7H7F3N2O2. The Morgan fingerprint density at radius 3 is 2.71 bits per heavy atom. The molecule has 0 aromatic carbocycles. The zero-order valence-corrected chi connectivity index (χ0v) is 6.89. The van der Waals surface area contributed by atoms with Crippen molar-refractivity contribution < 1.29 is 22.4 Å². The van der Waals surface area contributed by atoms with Crippen molar-refractivity contribution in [2.45, 2.75) is 12.8 Å². The third-order valence-corrected chi connectivity index (χ3v) is 1.26. The van der Waals surface area contributed by atoms with Crippen LogP contribution in [0.25, 0.3) is 0 Å². The van der Waals surface area contributed by atoms with Gasteiger partial charge in [-0.3, -0.25) is 0 Å². The van der Waals surface area contributed by atoms with E-state index in [1.54, 1.807) is 6.07 Å². The lowest BCUT2D eigenvalue weighted by Gasteiger charge is -2.08. The van der Waals surface area contributed by atoms with Gasteiger partial charge >= 0.3 is 12.3 Å². The molecule has 14 heavy (non-hydrogen) atoms. The van der Waals surface area contributed by atoms with E-state index < -0.39 is 12.3 Å². The van der Waals surface area contributed by atoms with Gasteiger partial charge in [0, 0.05) is 0 Å². The van der Waals surface area contributed by atoms with Crippen molar-refractivity contribution in [3.05, 3.63) is 24.2 Å². The summed E-state index contributed by atoms with van der Waals surface area (Å²) in [4.78, 5) is 10.6. The first-order chi connectivity index (χ1) is 6.47. The highest BCUT2D eigenvalue weighted by Crippen LogP contribution is 2.08. The minimum absolute atomic E-state index is 0.0884. The molecule has 0 spiro atoms. The van der Waals surface area contributed by atoms with Crippen LogP contribution in [-0.2, 0) is 6.54 Å². The standard InChI is InChI=1S/C7H7F3N2O2/c8-7(9,10)12-6(13)11-4-5-2-1-3-14-5/h1-3H,4H2,(H2,11,12,13). The number of urea groups is 1. The van der Waals surface area contributed by atoms with E-state index in [-0.39, 0.29) is 6.54 Å². The number of alkyl halides is 3. The lowest BCUT2D eigenvalue weighted by atomic mass is 10.4. The highest BCUT2D eigenvalue weighted by Gasteiger charge is 2.29. The predicted molar refractivity (Wildman–Crippen MR) is 40.1 cm³/mol. The summed E-state index contributed by atoms with van der Waals surface area (Å²) in [6.45, 7) is -0.0884. The van der Waals surface area contributed by atoms with Gasteiger partial charge in [-0.15, -0.1) is 0 Å². The molecule has 0 radical (unpaired) electrons. The number of amides is 2. The number of carbonyl (C=O) groups is 1. The van der Waals surface area contributed by atoms with Crippen molar-refractivity contribution in [2.75, 3.05) is 0 Å². The van der Waals surface area contributed by atoms with Gasteiger partial charge in [-0.05, 0) is 12.1 Å². The molecule has 0 aliphatic carbocycles. The second-order valence-electron chi connectivity index (χ2n) is 2.38. The zero-order valence-electron chi connectivity index (χ0n) is 6.89. The van der Waals surface area contributed by atoms with Crippen molar-refractivity contribution in [3.8, 4) is 0 Å². The first-order valence-corrected chi connectivity index (χ1v) is 3.62. The van der Waals surface area contributed by atoms with E-state index in [0.29, 0.717) is 5.76 Å². The first-order valence-electron chi connectivity index (χ1n) is 3.62. The van der Waals surface area contributed by atoms with Crippen LogP contribution in [0.3, 0.4) is 0 Å². The predicted octanol–water partition coefficient (Wildman–Crippen LogP) is 1.60. The third-order valence-electron chi connectivity index (χ3n) is 1.26. The maximum atomic E-state index is 11.6. The van der Waals surface area contributed by atoms with E-state index in [0.717, 1.165) is 5.32 Å². The average Bonchev–Trinajstić information content (AvgIpc) is 2.49. The third kappa shape index (κ3) is 3.83. The van der Waals surface area contributed by atoms with E-state index in [1.807, 2.05) is 5.32 Å². The summed E-state index contributed by atoms with van der Waals surface area (Å²) < 4.78 is 39.5. The van der Waals surface area contributed by atoms with Gasteiger partial charge in [0.05, 0.1) is 12.8 Å². The van der Waals surface area contributed by atoms with Crippen molar-refractivity contribution in [1.82, 2.24) is 10.6 Å². The second-order valence-corrected chi connectivity index (χ2v) is 2.38. The molecule has 78 valence electrons. The molecule has 1 rings (SSSR count). The van der Waals surface area contributed by atoms with Crippen LogP contribution in [0.5, 0.6) is 0 Å². The quantitative estimate of drug-likeness (QED) is 0.725. The first kappa shape index (κ1) is 10.4. The number of hydrogen-bond acceptors (Lipinski definition) is 2. The molecule has 0 saturated carbocycles. The van der Waals surface area contributed by atoms with Crippen LogP contribution in [0.4, 0.5) is 18.0 Å². The molecule has 0 atom stereocenters. The van der Waals surface area contributed by atoms with Gasteiger partial charge in [-0.1, -0.05) is 0 Å². The molecule has 1 heterocycles. The fourth-order valence-electron chi connectivity index (χ4n) is 0.753. The summed E-state index contributed by atoms with van der Waals surface area (Å²) in [6.07, 6.45) is -3.36. The Balaban J connectivity index is 2.29. The van der Waals surface area contributed by atoms with E-state index in [1.165, 1.54) is 12.3 Å². The van der Waals surface area contributed by atoms with E-state index in [4.69, 9.17) is 4.42 Å². The van der Waals surface area contributed by atoms with E-state index >= 15 is 0 Å². The fourth-order valence-corrected chi connectivity index (χ4v) is 0.753. The molecule has 0 fully saturated rings. The molecule has 0 unspecified atom stereocenters. The number of rotatable bonds is 2. The van der Waals surface area contributed by atoms with Crippen LogP contribution in [0.1, 0.15) is 5.76 Å². The molecule has 2 N–H and O–H groups in total. The monoisotopic (exact) mass is 208 g/mol. The summed E-state index contributed by atoms with van der Waals surface area (Å²) in [7, 11) is 0. The van der Waals surface area contributed by atoms with Gasteiger partial charge in [0.1, 0.15) is 5.76 Å². The molecule has 1 aromatic rings. The Labute approximate surface area is 77.1 Å². The van der Waals surface area contributed by atoms with Crippen LogP contribution in [0.2, 0.25) is 0 Å². The lowest BCUT2D eigenvalue weighted by molar-refractivity contribution is -0.145. The Kier molecular flexibility index (Phi) is 3.00. The van der Waals surface area contributed by atoms with Gasteiger partial charge in [0.15, 0.2) is 0 Å². The normalized spacial score (nSPS) is 11.1. The van der Waals surface area contributed by atoms with Gasteiger partial charge in [-0.2, -0.15) is 13.2 Å². The Morgan fingerprint density at radius 1 is 1.50 bits per heavy atom. The molecule has 0 saturated heterocycles. The zero-order chi connectivity index (χ0) is 10.6. The van der Waals surface area contributed by atoms with Crippen LogP contribution in [0, 0.1) is 0 Å². The summed E-state index contributed by atoms with van der Waals surface area (Å²) in [5.41, 5.74) is 0. The van der Waals surface area contributed by atoms with Crippen molar-refractivity contribution in [1.29, 1.82) is 0 Å². The largest absolute Gasteiger partial charge is 0.485 e. The second kappa shape index (κ2) is 4.03. The summed E-state index contributed by atoms with van der Waals surface area (Å²) >= 11 is 0. The van der Waals surface area contributed by atoms with E-state index in [9.17, 15) is 18.0 Å². The maximum Gasteiger partial charge on any atom is 0.485 e. The minimum Gasteiger partial charge on any atom is -0.467 e. The molecule has 0 aliphatic heterocycles. The number of hydrogen-bond donors (Lipinski definition) is 2. The summed E-state index contributed by atoms with van der Waals surface area (Å²) in [5.74, 6) is 0.377. The fraction of sp³-hybridized carbons (Fsp3) is 0.286. The molecule has 0 aliphatic rings. The van der Waals surface area contributed by atoms with Crippen LogP contribution in [0.15, 0.2) is 22.8 Å². The molecule has 7 heteroatoms. The number of furan rings is 1. The van der Waals surface area contributed by atoms with Gasteiger partial charge in [0.25, 0.3) is 0 Å². The molecular weight excluding hydrogens is 201 g/mol. The topological polar surface area (TPSA) is 54.3 Å². The lowest BCUT2D eigenvalue weighted by Crippen LogP contribution is -2.43. The average molecular weight is 208 g/mol. The van der Waals surface area contributed by atoms with Gasteiger partial charge in [0.2, 0.25) is 0 Å². The van der Waals surface area contributed by atoms with Gasteiger partial charge in [-0.25, -0.2) is 10.1 Å². The van der Waals surface area contributed by atoms with Crippen LogP contribution >= 0.6 is 0 Å². The van der Waals surface area contributed by atoms with Crippen LogP contribution < -0.4 is 10.6 Å². The number of carbonyl (C=O) groups excluding carboxylic acids is 1.